The summed E-state index contributed by atoms with van der Waals surface area (Å²) in [5.41, 5.74) is 1.08. The molecule has 2 fully saturated rings. The van der Waals surface area contributed by atoms with Crippen LogP contribution in [0.15, 0.2) is 29.2 Å². The lowest BCUT2D eigenvalue weighted by Gasteiger charge is -2.30. The van der Waals surface area contributed by atoms with Gasteiger partial charge < -0.3 is 0 Å². The summed E-state index contributed by atoms with van der Waals surface area (Å²) in [5, 5.41) is 0. The van der Waals surface area contributed by atoms with E-state index in [0.717, 1.165) is 17.9 Å². The Balaban J connectivity index is 1.86. The molecule has 3 unspecified atom stereocenters. The van der Waals surface area contributed by atoms with E-state index in [0.29, 0.717) is 10.8 Å². The van der Waals surface area contributed by atoms with Gasteiger partial charge in [0, 0.05) is 13.1 Å². The molecule has 0 aliphatic heterocycles. The topological polar surface area (TPSA) is 37.4 Å². The number of fused-ring (bicyclic) bond motifs is 2. The predicted octanol–water partition coefficient (Wildman–Crippen LogP) is 2.80. The van der Waals surface area contributed by atoms with Crippen molar-refractivity contribution in [2.45, 2.75) is 43.5 Å². The summed E-state index contributed by atoms with van der Waals surface area (Å²) in [6.07, 6.45) is 4.76. The molecule has 2 bridgehead atoms. The van der Waals surface area contributed by atoms with Gasteiger partial charge in [0.1, 0.15) is 0 Å². The van der Waals surface area contributed by atoms with Gasteiger partial charge in [0.05, 0.1) is 4.90 Å². The monoisotopic (exact) mass is 279 g/mol. The second kappa shape index (κ2) is 4.60. The summed E-state index contributed by atoms with van der Waals surface area (Å²) in [7, 11) is -1.58. The van der Waals surface area contributed by atoms with Crippen LogP contribution in [0.3, 0.4) is 0 Å². The fourth-order valence-electron chi connectivity index (χ4n) is 3.71. The third-order valence-electron chi connectivity index (χ3n) is 4.87. The van der Waals surface area contributed by atoms with Gasteiger partial charge in [-0.2, -0.15) is 4.31 Å². The molecule has 0 heterocycles. The van der Waals surface area contributed by atoms with Crippen LogP contribution < -0.4 is 0 Å². The molecule has 1 aromatic rings. The van der Waals surface area contributed by atoms with E-state index in [2.05, 4.69) is 0 Å². The Kier molecular flexibility index (Phi) is 3.18. The second-order valence-corrected chi connectivity index (χ2v) is 8.07. The van der Waals surface area contributed by atoms with Crippen molar-refractivity contribution >= 4 is 10.0 Å². The molecule has 0 N–H and O–H groups in total. The van der Waals surface area contributed by atoms with Crippen molar-refractivity contribution in [2.75, 3.05) is 7.05 Å². The van der Waals surface area contributed by atoms with E-state index in [1.54, 1.807) is 23.5 Å². The van der Waals surface area contributed by atoms with Crippen molar-refractivity contribution in [2.24, 2.45) is 11.8 Å². The maximum absolute atomic E-state index is 12.6. The molecule has 0 amide bonds. The van der Waals surface area contributed by atoms with Gasteiger partial charge >= 0.3 is 0 Å². The minimum Gasteiger partial charge on any atom is -0.207 e. The molecular formula is C15H21NO2S. The number of rotatable bonds is 3. The van der Waals surface area contributed by atoms with E-state index in [4.69, 9.17) is 0 Å². The molecule has 0 radical (unpaired) electrons. The summed E-state index contributed by atoms with van der Waals surface area (Å²) < 4.78 is 26.9. The van der Waals surface area contributed by atoms with Crippen molar-refractivity contribution < 1.29 is 8.42 Å². The minimum atomic E-state index is -3.33. The predicted molar refractivity (Wildman–Crippen MR) is 75.4 cm³/mol. The van der Waals surface area contributed by atoms with Gasteiger partial charge in [-0.1, -0.05) is 24.1 Å². The highest BCUT2D eigenvalue weighted by Crippen LogP contribution is 2.47. The van der Waals surface area contributed by atoms with Crippen LogP contribution in [0.1, 0.15) is 31.2 Å². The van der Waals surface area contributed by atoms with Crippen LogP contribution in [0.5, 0.6) is 0 Å². The summed E-state index contributed by atoms with van der Waals surface area (Å²) >= 11 is 0. The zero-order valence-corrected chi connectivity index (χ0v) is 12.4. The summed E-state index contributed by atoms with van der Waals surface area (Å²) in [4.78, 5) is 0.420. The SMILES string of the molecule is Cc1ccc(S(=O)(=O)N(C)C2CC3CCC2C3)cc1. The Morgan fingerprint density at radius 3 is 2.32 bits per heavy atom. The average molecular weight is 279 g/mol. The lowest BCUT2D eigenvalue weighted by Crippen LogP contribution is -2.40. The van der Waals surface area contributed by atoms with Crippen LogP contribution >= 0.6 is 0 Å². The number of hydrogen-bond donors (Lipinski definition) is 0. The number of sulfonamides is 1. The van der Waals surface area contributed by atoms with Crippen molar-refractivity contribution in [3.63, 3.8) is 0 Å². The molecule has 104 valence electrons. The van der Waals surface area contributed by atoms with Crippen molar-refractivity contribution in [3.05, 3.63) is 29.8 Å². The van der Waals surface area contributed by atoms with Crippen LogP contribution in [0.4, 0.5) is 0 Å². The first-order valence-corrected chi connectivity index (χ1v) is 8.47. The number of nitrogens with zero attached hydrogens (tertiary/aromatic N) is 1. The van der Waals surface area contributed by atoms with E-state index in [-0.39, 0.29) is 6.04 Å². The van der Waals surface area contributed by atoms with Gasteiger partial charge in [-0.25, -0.2) is 8.42 Å². The van der Waals surface area contributed by atoms with Crippen molar-refractivity contribution in [1.29, 1.82) is 0 Å². The highest BCUT2D eigenvalue weighted by molar-refractivity contribution is 7.89. The fourth-order valence-corrected chi connectivity index (χ4v) is 5.14. The van der Waals surface area contributed by atoms with Crippen molar-refractivity contribution in [1.82, 2.24) is 4.31 Å². The molecular weight excluding hydrogens is 258 g/mol. The van der Waals surface area contributed by atoms with Gasteiger partial charge in [-0.05, 0) is 50.2 Å². The molecule has 0 aromatic heterocycles. The van der Waals surface area contributed by atoms with Gasteiger partial charge in [-0.15, -0.1) is 0 Å². The third kappa shape index (κ3) is 2.21. The number of hydrogen-bond acceptors (Lipinski definition) is 2. The van der Waals surface area contributed by atoms with Gasteiger partial charge in [0.15, 0.2) is 0 Å². The molecule has 2 saturated carbocycles. The van der Waals surface area contributed by atoms with Crippen LogP contribution in [-0.4, -0.2) is 25.8 Å². The highest BCUT2D eigenvalue weighted by Gasteiger charge is 2.44. The first kappa shape index (κ1) is 13.1. The molecule has 2 aliphatic rings. The molecule has 3 rings (SSSR count). The Labute approximate surface area is 115 Å². The van der Waals surface area contributed by atoms with Crippen LogP contribution in [0.2, 0.25) is 0 Å². The highest BCUT2D eigenvalue weighted by atomic mass is 32.2. The van der Waals surface area contributed by atoms with Gasteiger partial charge in [0.25, 0.3) is 0 Å². The zero-order chi connectivity index (χ0) is 13.6. The Morgan fingerprint density at radius 1 is 1.11 bits per heavy atom. The Morgan fingerprint density at radius 2 is 1.79 bits per heavy atom. The molecule has 0 saturated heterocycles. The first-order chi connectivity index (χ1) is 8.98. The second-order valence-electron chi connectivity index (χ2n) is 6.08. The first-order valence-electron chi connectivity index (χ1n) is 7.03. The van der Waals surface area contributed by atoms with E-state index in [1.807, 2.05) is 19.1 Å². The fraction of sp³-hybridized carbons (Fsp3) is 0.600. The van der Waals surface area contributed by atoms with Crippen LogP contribution in [0, 0.1) is 18.8 Å². The molecule has 2 aliphatic carbocycles. The Bertz CT molecular complexity index is 564. The largest absolute Gasteiger partial charge is 0.243 e. The van der Waals surface area contributed by atoms with Crippen LogP contribution in [0.25, 0.3) is 0 Å². The third-order valence-corrected chi connectivity index (χ3v) is 6.76. The van der Waals surface area contributed by atoms with E-state index >= 15 is 0 Å². The summed E-state index contributed by atoms with van der Waals surface area (Å²) in [5.74, 6) is 1.33. The van der Waals surface area contributed by atoms with E-state index in [1.165, 1.54) is 19.3 Å². The molecule has 1 aromatic carbocycles. The van der Waals surface area contributed by atoms with Gasteiger partial charge in [-0.3, -0.25) is 0 Å². The molecule has 3 atom stereocenters. The quantitative estimate of drug-likeness (QED) is 0.853. The lowest BCUT2D eigenvalue weighted by molar-refractivity contribution is 0.266. The molecule has 4 heteroatoms. The summed E-state index contributed by atoms with van der Waals surface area (Å²) in [6.45, 7) is 1.97. The zero-order valence-electron chi connectivity index (χ0n) is 11.5. The Hall–Kier alpha value is -0.870. The van der Waals surface area contributed by atoms with E-state index in [9.17, 15) is 8.42 Å². The lowest BCUT2D eigenvalue weighted by atomic mass is 9.96. The summed E-state index contributed by atoms with van der Waals surface area (Å²) in [6, 6.07) is 7.37. The van der Waals surface area contributed by atoms with Gasteiger partial charge in [0.2, 0.25) is 10.0 Å². The van der Waals surface area contributed by atoms with Crippen molar-refractivity contribution in [3.8, 4) is 0 Å². The molecule has 19 heavy (non-hydrogen) atoms. The van der Waals surface area contributed by atoms with E-state index < -0.39 is 10.0 Å². The molecule has 3 nitrogen and oxygen atoms in total. The average Bonchev–Trinajstić information content (AvgIpc) is 3.00. The minimum absolute atomic E-state index is 0.213. The van der Waals surface area contributed by atoms with Crippen LogP contribution in [-0.2, 0) is 10.0 Å². The standard InChI is InChI=1S/C15H21NO2S/c1-11-3-7-14(8-4-11)19(17,18)16(2)15-10-12-5-6-13(15)9-12/h3-4,7-8,12-13,15H,5-6,9-10H2,1-2H3. The maximum atomic E-state index is 12.6. The number of aryl methyl sites for hydroxylation is 1. The maximum Gasteiger partial charge on any atom is 0.243 e. The normalized spacial score (nSPS) is 30.2. The smallest absolute Gasteiger partial charge is 0.207 e. The molecule has 0 spiro atoms. The number of benzene rings is 1.